The van der Waals surface area contributed by atoms with E-state index in [1.54, 1.807) is 13.4 Å². The molecule has 0 unspecified atom stereocenters. The fourth-order valence-electron chi connectivity index (χ4n) is 4.37. The van der Waals surface area contributed by atoms with Crippen molar-refractivity contribution in [3.8, 4) is 16.9 Å². The molecule has 0 radical (unpaired) electrons. The minimum atomic E-state index is 0.650. The van der Waals surface area contributed by atoms with E-state index in [2.05, 4.69) is 74.8 Å². The number of piperazine rings is 1. The van der Waals surface area contributed by atoms with Gasteiger partial charge in [-0.15, -0.1) is 10.2 Å². The average Bonchev–Trinajstić information content (AvgIpc) is 3.35. The lowest BCUT2D eigenvalue weighted by atomic mass is 10.0. The van der Waals surface area contributed by atoms with Gasteiger partial charge in [-0.1, -0.05) is 42.5 Å². The Bertz CT molecular complexity index is 1210. The van der Waals surface area contributed by atoms with Crippen molar-refractivity contribution in [1.29, 1.82) is 0 Å². The molecule has 7 nitrogen and oxygen atoms in total. The number of likely N-dealkylation sites (N-methyl/N-ethyl adjacent to an activating group) is 1. The molecule has 1 N–H and O–H groups in total. The first kappa shape index (κ1) is 21.4. The molecule has 1 aliphatic heterocycles. The van der Waals surface area contributed by atoms with Crippen LogP contribution in [0, 0.1) is 0 Å². The number of anilines is 1. The number of hydrogen-bond acceptors (Lipinski definition) is 6. The van der Waals surface area contributed by atoms with E-state index < -0.39 is 0 Å². The molecular weight excluding hydrogens is 412 g/mol. The van der Waals surface area contributed by atoms with Crippen molar-refractivity contribution in [1.82, 2.24) is 24.4 Å². The fourth-order valence-corrected chi connectivity index (χ4v) is 4.37. The zero-order chi connectivity index (χ0) is 22.6. The summed E-state index contributed by atoms with van der Waals surface area (Å²) in [5.74, 6) is 1.81. The molecule has 5 rings (SSSR count). The summed E-state index contributed by atoms with van der Waals surface area (Å²) in [4.78, 5) is 4.91. The highest BCUT2D eigenvalue weighted by atomic mass is 16.5. The Balaban J connectivity index is 1.33. The number of ether oxygens (including phenoxy) is 1. The Labute approximate surface area is 194 Å². The van der Waals surface area contributed by atoms with Crippen molar-refractivity contribution in [3.05, 3.63) is 78.1 Å². The lowest BCUT2D eigenvalue weighted by Crippen LogP contribution is -2.43. The lowest BCUT2D eigenvalue weighted by molar-refractivity contribution is 0.148. The number of aromatic nitrogens is 3. The summed E-state index contributed by atoms with van der Waals surface area (Å²) in [6.07, 6.45) is 1.76. The largest absolute Gasteiger partial charge is 0.496 e. The van der Waals surface area contributed by atoms with Gasteiger partial charge < -0.3 is 15.0 Å². The number of hydrogen-bond donors (Lipinski definition) is 1. The number of pyridine rings is 1. The molecule has 0 bridgehead atoms. The molecule has 7 heteroatoms. The van der Waals surface area contributed by atoms with E-state index in [1.165, 1.54) is 5.56 Å². The van der Waals surface area contributed by atoms with Gasteiger partial charge >= 0.3 is 0 Å². The van der Waals surface area contributed by atoms with Crippen LogP contribution >= 0.6 is 0 Å². The third-order valence-electron chi connectivity index (χ3n) is 6.38. The van der Waals surface area contributed by atoms with E-state index in [-0.39, 0.29) is 0 Å². The van der Waals surface area contributed by atoms with Gasteiger partial charge in [0.25, 0.3) is 0 Å². The number of methoxy groups -OCH3 is 1. The predicted molar refractivity (Wildman–Crippen MR) is 132 cm³/mol. The maximum Gasteiger partial charge on any atom is 0.170 e. The molecule has 1 aliphatic rings. The smallest absolute Gasteiger partial charge is 0.170 e. The van der Waals surface area contributed by atoms with Crippen molar-refractivity contribution >= 4 is 11.5 Å². The number of nitrogens with zero attached hydrogens (tertiary/aromatic N) is 5. The van der Waals surface area contributed by atoms with Gasteiger partial charge in [-0.25, -0.2) is 0 Å². The van der Waals surface area contributed by atoms with Crippen molar-refractivity contribution in [2.45, 2.75) is 13.1 Å². The van der Waals surface area contributed by atoms with Crippen LogP contribution in [-0.2, 0) is 13.1 Å². The molecule has 4 aromatic rings. The van der Waals surface area contributed by atoms with Crippen LogP contribution in [0.1, 0.15) is 11.1 Å². The van der Waals surface area contributed by atoms with Crippen LogP contribution in [0.3, 0.4) is 0 Å². The second-order valence-electron chi connectivity index (χ2n) is 8.60. The van der Waals surface area contributed by atoms with Crippen molar-refractivity contribution < 1.29 is 4.74 Å². The summed E-state index contributed by atoms with van der Waals surface area (Å²) in [5, 5.41) is 12.1. The summed E-state index contributed by atoms with van der Waals surface area (Å²) >= 11 is 0. The molecule has 33 heavy (non-hydrogen) atoms. The van der Waals surface area contributed by atoms with Crippen LogP contribution < -0.4 is 10.1 Å². The van der Waals surface area contributed by atoms with Gasteiger partial charge in [0.1, 0.15) is 17.9 Å². The monoisotopic (exact) mass is 442 g/mol. The van der Waals surface area contributed by atoms with Crippen LogP contribution in [0.4, 0.5) is 5.82 Å². The first-order valence-corrected chi connectivity index (χ1v) is 11.4. The molecule has 3 heterocycles. The zero-order valence-corrected chi connectivity index (χ0v) is 19.2. The quantitative estimate of drug-likeness (QED) is 0.470. The standard InChI is InChI=1S/C26H30N6O/c1-30-13-15-31(16-14-30)18-20-7-9-21(10-8-20)23-11-12-25(32-19-28-29-26(23)32)27-17-22-5-3-4-6-24(22)33-2/h3-12,19,27H,13-18H2,1-2H3. The number of para-hydroxylation sites is 1. The first-order valence-electron chi connectivity index (χ1n) is 11.4. The van der Waals surface area contributed by atoms with Gasteiger partial charge in [-0.05, 0) is 36.4 Å². The molecule has 1 saturated heterocycles. The molecule has 1 fully saturated rings. The van der Waals surface area contributed by atoms with E-state index in [9.17, 15) is 0 Å². The van der Waals surface area contributed by atoms with Gasteiger partial charge in [0.2, 0.25) is 0 Å². The molecular formula is C26H30N6O. The van der Waals surface area contributed by atoms with Gasteiger partial charge in [0.15, 0.2) is 5.65 Å². The van der Waals surface area contributed by atoms with E-state index in [1.807, 2.05) is 22.6 Å². The highest BCUT2D eigenvalue weighted by Gasteiger charge is 2.15. The average molecular weight is 443 g/mol. The van der Waals surface area contributed by atoms with Gasteiger partial charge in [0, 0.05) is 50.4 Å². The first-order chi connectivity index (χ1) is 16.2. The third-order valence-corrected chi connectivity index (χ3v) is 6.38. The van der Waals surface area contributed by atoms with Crippen LogP contribution in [0.15, 0.2) is 67.0 Å². The number of benzene rings is 2. The van der Waals surface area contributed by atoms with Crippen LogP contribution in [0.5, 0.6) is 5.75 Å². The molecule has 0 aliphatic carbocycles. The van der Waals surface area contributed by atoms with Crippen LogP contribution in [0.25, 0.3) is 16.8 Å². The Hall–Kier alpha value is -3.42. The molecule has 0 atom stereocenters. The van der Waals surface area contributed by atoms with E-state index in [0.29, 0.717) is 6.54 Å². The molecule has 2 aromatic carbocycles. The Morgan fingerprint density at radius 3 is 2.52 bits per heavy atom. The van der Waals surface area contributed by atoms with Gasteiger partial charge in [-0.2, -0.15) is 0 Å². The number of rotatable bonds is 7. The topological polar surface area (TPSA) is 57.9 Å². The zero-order valence-electron chi connectivity index (χ0n) is 19.2. The van der Waals surface area contributed by atoms with Crippen molar-refractivity contribution in [2.24, 2.45) is 0 Å². The highest BCUT2D eigenvalue weighted by molar-refractivity contribution is 5.79. The fraction of sp³-hybridized carbons (Fsp3) is 0.308. The van der Waals surface area contributed by atoms with Crippen molar-refractivity contribution in [2.75, 3.05) is 45.7 Å². The summed E-state index contributed by atoms with van der Waals surface area (Å²) in [5.41, 5.74) is 5.50. The SMILES string of the molecule is COc1ccccc1CNc1ccc(-c2ccc(CN3CCN(C)CC3)cc2)c2nncn12. The second-order valence-corrected chi connectivity index (χ2v) is 8.60. The van der Waals surface area contributed by atoms with E-state index >= 15 is 0 Å². The van der Waals surface area contributed by atoms with Gasteiger partial charge in [-0.3, -0.25) is 9.30 Å². The Kier molecular flexibility index (Phi) is 6.24. The number of nitrogens with one attached hydrogen (secondary N) is 1. The third kappa shape index (κ3) is 4.69. The molecule has 2 aromatic heterocycles. The minimum absolute atomic E-state index is 0.650. The van der Waals surface area contributed by atoms with Crippen LogP contribution in [0.2, 0.25) is 0 Å². The maximum absolute atomic E-state index is 5.47. The summed E-state index contributed by atoms with van der Waals surface area (Å²) in [6, 6.07) is 21.1. The maximum atomic E-state index is 5.47. The Morgan fingerprint density at radius 2 is 1.73 bits per heavy atom. The minimum Gasteiger partial charge on any atom is -0.496 e. The summed E-state index contributed by atoms with van der Waals surface area (Å²) in [7, 11) is 3.89. The summed E-state index contributed by atoms with van der Waals surface area (Å²) in [6.45, 7) is 6.18. The lowest BCUT2D eigenvalue weighted by Gasteiger charge is -2.32. The Morgan fingerprint density at radius 1 is 0.939 bits per heavy atom. The van der Waals surface area contributed by atoms with Gasteiger partial charge in [0.05, 0.1) is 7.11 Å². The molecule has 0 saturated carbocycles. The van der Waals surface area contributed by atoms with E-state index in [4.69, 9.17) is 4.74 Å². The molecule has 0 spiro atoms. The summed E-state index contributed by atoms with van der Waals surface area (Å²) < 4.78 is 7.47. The normalized spacial score (nSPS) is 15.1. The van der Waals surface area contributed by atoms with E-state index in [0.717, 1.165) is 66.6 Å². The predicted octanol–water partition coefficient (Wildman–Crippen LogP) is 3.76. The van der Waals surface area contributed by atoms with Crippen molar-refractivity contribution in [3.63, 3.8) is 0 Å². The highest BCUT2D eigenvalue weighted by Crippen LogP contribution is 2.27. The molecule has 0 amide bonds. The second kappa shape index (κ2) is 9.60. The van der Waals surface area contributed by atoms with Crippen LogP contribution in [-0.4, -0.2) is 64.7 Å². The molecule has 170 valence electrons. The number of fused-ring (bicyclic) bond motifs is 1.